The molecule has 0 radical (unpaired) electrons. The molecule has 142 valence electrons. The van der Waals surface area contributed by atoms with Crippen molar-refractivity contribution < 1.29 is 9.53 Å². The maximum Gasteiger partial charge on any atom is 0.216 e. The van der Waals surface area contributed by atoms with Crippen molar-refractivity contribution in [3.8, 4) is 0 Å². The van der Waals surface area contributed by atoms with E-state index >= 15 is 0 Å². The van der Waals surface area contributed by atoms with E-state index in [1.54, 1.807) is 14.2 Å². The molecule has 1 aromatic carbocycles. The van der Waals surface area contributed by atoms with Crippen molar-refractivity contribution >= 4 is 28.3 Å². The van der Waals surface area contributed by atoms with E-state index in [-0.39, 0.29) is 22.8 Å². The Morgan fingerprint density at radius 2 is 2.04 bits per heavy atom. The lowest BCUT2D eigenvalue weighted by molar-refractivity contribution is -0.114. The third kappa shape index (κ3) is 2.87. The van der Waals surface area contributed by atoms with Crippen LogP contribution in [0.2, 0.25) is 0 Å². The number of hydrogen-bond donors (Lipinski definition) is 1. The fourth-order valence-corrected chi connectivity index (χ4v) is 5.33. The van der Waals surface area contributed by atoms with Crippen molar-refractivity contribution in [2.45, 2.75) is 57.1 Å². The van der Waals surface area contributed by atoms with Crippen LogP contribution in [0, 0.1) is 5.41 Å². The molecular formula is C20H28BrN3O2. The van der Waals surface area contributed by atoms with Crippen molar-refractivity contribution in [2.24, 2.45) is 16.1 Å². The van der Waals surface area contributed by atoms with Gasteiger partial charge in [-0.15, -0.1) is 0 Å². The summed E-state index contributed by atoms with van der Waals surface area (Å²) in [6.45, 7) is 4.64. The van der Waals surface area contributed by atoms with E-state index in [0.29, 0.717) is 12.5 Å². The summed E-state index contributed by atoms with van der Waals surface area (Å²) in [5.74, 6) is 0.266. The maximum atomic E-state index is 11.1. The number of rotatable bonds is 3. The van der Waals surface area contributed by atoms with Crippen LogP contribution in [0.4, 0.5) is 0 Å². The molecule has 5 nitrogen and oxygen atoms in total. The van der Waals surface area contributed by atoms with Crippen LogP contribution in [0.25, 0.3) is 0 Å². The number of ether oxygens (including phenoxy) is 1. The zero-order valence-corrected chi connectivity index (χ0v) is 17.5. The van der Waals surface area contributed by atoms with E-state index in [2.05, 4.69) is 48.0 Å². The number of fused-ring (bicyclic) bond motifs is 1. The molecule has 1 spiro atoms. The van der Waals surface area contributed by atoms with Crippen LogP contribution in [0.1, 0.15) is 56.7 Å². The number of guanidine groups is 1. The van der Waals surface area contributed by atoms with Crippen LogP contribution < -0.4 is 5.73 Å². The molecule has 1 saturated carbocycles. The SMILES string of the molecule is COC1CCC2(CC1)C(/N=C(/N)N(C)C=O)c1cc(Br)ccc1C2(C)C. The monoisotopic (exact) mass is 421 g/mol. The first-order chi connectivity index (χ1) is 12.3. The number of benzene rings is 1. The Kier molecular flexibility index (Phi) is 5.19. The Bertz CT molecular complexity index is 724. The number of nitrogens with two attached hydrogens (primary N) is 1. The predicted octanol–water partition coefficient (Wildman–Crippen LogP) is 3.76. The topological polar surface area (TPSA) is 67.9 Å². The van der Waals surface area contributed by atoms with E-state index in [0.717, 1.165) is 30.2 Å². The summed E-state index contributed by atoms with van der Waals surface area (Å²) in [6.07, 6.45) is 5.10. The number of methoxy groups -OCH3 is 1. The largest absolute Gasteiger partial charge is 0.381 e. The predicted molar refractivity (Wildman–Crippen MR) is 107 cm³/mol. The van der Waals surface area contributed by atoms with Crippen molar-refractivity contribution in [3.05, 3.63) is 33.8 Å². The van der Waals surface area contributed by atoms with Crippen molar-refractivity contribution in [1.29, 1.82) is 0 Å². The van der Waals surface area contributed by atoms with Gasteiger partial charge < -0.3 is 10.5 Å². The molecule has 1 amide bonds. The quantitative estimate of drug-likeness (QED) is 0.458. The van der Waals surface area contributed by atoms with Crippen molar-refractivity contribution in [2.75, 3.05) is 14.2 Å². The van der Waals surface area contributed by atoms with Gasteiger partial charge in [-0.3, -0.25) is 9.69 Å². The number of aliphatic imine (C=N–C) groups is 1. The van der Waals surface area contributed by atoms with Crippen LogP contribution in [0.15, 0.2) is 27.7 Å². The number of hydrogen-bond acceptors (Lipinski definition) is 3. The third-order valence-corrected chi connectivity index (χ3v) is 7.18. The molecule has 26 heavy (non-hydrogen) atoms. The number of amides is 1. The van der Waals surface area contributed by atoms with E-state index in [4.69, 9.17) is 15.5 Å². The zero-order valence-electron chi connectivity index (χ0n) is 16.0. The van der Waals surface area contributed by atoms with Gasteiger partial charge in [0.25, 0.3) is 0 Å². The summed E-state index contributed by atoms with van der Waals surface area (Å²) in [7, 11) is 3.43. The van der Waals surface area contributed by atoms with Crippen molar-refractivity contribution in [3.63, 3.8) is 0 Å². The first-order valence-electron chi connectivity index (χ1n) is 9.11. The summed E-state index contributed by atoms with van der Waals surface area (Å²) in [5, 5.41) is 0. The van der Waals surface area contributed by atoms with Crippen LogP contribution in [0.5, 0.6) is 0 Å². The molecule has 3 rings (SSSR count). The lowest BCUT2D eigenvalue weighted by Crippen LogP contribution is -2.45. The summed E-state index contributed by atoms with van der Waals surface area (Å²) >= 11 is 3.61. The summed E-state index contributed by atoms with van der Waals surface area (Å²) in [6, 6.07) is 6.41. The maximum absolute atomic E-state index is 11.1. The summed E-state index contributed by atoms with van der Waals surface area (Å²) in [5.41, 5.74) is 8.62. The lowest BCUT2D eigenvalue weighted by atomic mass is 9.57. The minimum atomic E-state index is -0.0646. The molecule has 6 heteroatoms. The second-order valence-electron chi connectivity index (χ2n) is 8.05. The Hall–Kier alpha value is -1.40. The Balaban J connectivity index is 2.13. The van der Waals surface area contributed by atoms with Gasteiger partial charge in [0, 0.05) is 24.0 Å². The van der Waals surface area contributed by atoms with Gasteiger partial charge >= 0.3 is 0 Å². The van der Waals surface area contributed by atoms with Gasteiger partial charge in [-0.05, 0) is 54.4 Å². The fraction of sp³-hybridized carbons (Fsp3) is 0.600. The number of carbonyl (C=O) groups excluding carboxylic acids is 1. The highest BCUT2D eigenvalue weighted by atomic mass is 79.9. The molecular weight excluding hydrogens is 394 g/mol. The minimum Gasteiger partial charge on any atom is -0.381 e. The normalized spacial score (nSPS) is 30.3. The molecule has 2 aliphatic rings. The molecule has 2 N–H and O–H groups in total. The van der Waals surface area contributed by atoms with E-state index in [1.165, 1.54) is 16.0 Å². The molecule has 1 unspecified atom stereocenters. The lowest BCUT2D eigenvalue weighted by Gasteiger charge is -2.48. The van der Waals surface area contributed by atoms with Gasteiger partial charge in [0.2, 0.25) is 6.41 Å². The molecule has 2 aliphatic carbocycles. The molecule has 0 aromatic heterocycles. The molecule has 1 fully saturated rings. The standard InChI is InChI=1S/C20H28BrN3O2/c1-19(2)16-6-5-13(21)11-15(16)17(23-18(22)24(3)12-25)20(19)9-7-14(26-4)8-10-20/h5-6,11-12,14,17H,7-10H2,1-4H3,(H2,22,23). The molecule has 0 bridgehead atoms. The fourth-order valence-electron chi connectivity index (χ4n) is 4.95. The van der Waals surface area contributed by atoms with Crippen LogP contribution in [-0.4, -0.2) is 37.5 Å². The first kappa shape index (κ1) is 19.4. The minimum absolute atomic E-state index is 0.0283. The number of halogens is 1. The average Bonchev–Trinajstić information content (AvgIpc) is 2.80. The highest BCUT2D eigenvalue weighted by Crippen LogP contribution is 2.65. The first-order valence-corrected chi connectivity index (χ1v) is 9.90. The van der Waals surface area contributed by atoms with Crippen LogP contribution in [0.3, 0.4) is 0 Å². The van der Waals surface area contributed by atoms with Gasteiger partial charge in [-0.2, -0.15) is 0 Å². The van der Waals surface area contributed by atoms with Gasteiger partial charge in [-0.25, -0.2) is 4.99 Å². The molecule has 0 saturated heterocycles. The molecule has 1 aromatic rings. The van der Waals surface area contributed by atoms with Crippen molar-refractivity contribution in [1.82, 2.24) is 4.90 Å². The second kappa shape index (κ2) is 6.97. The molecule has 0 aliphatic heterocycles. The number of carbonyl (C=O) groups is 1. The van der Waals surface area contributed by atoms with E-state index in [9.17, 15) is 4.79 Å². The highest BCUT2D eigenvalue weighted by molar-refractivity contribution is 9.10. The molecule has 1 atom stereocenters. The van der Waals surface area contributed by atoms with E-state index in [1.807, 2.05) is 0 Å². The highest BCUT2D eigenvalue weighted by Gasteiger charge is 2.59. The van der Waals surface area contributed by atoms with Gasteiger partial charge in [0.1, 0.15) is 0 Å². The molecule has 0 heterocycles. The van der Waals surface area contributed by atoms with Crippen LogP contribution >= 0.6 is 15.9 Å². The zero-order chi connectivity index (χ0) is 19.1. The number of nitrogens with zero attached hydrogens (tertiary/aromatic N) is 2. The smallest absolute Gasteiger partial charge is 0.216 e. The Labute approximate surface area is 164 Å². The second-order valence-corrected chi connectivity index (χ2v) is 8.97. The van der Waals surface area contributed by atoms with E-state index < -0.39 is 0 Å². The van der Waals surface area contributed by atoms with Crippen LogP contribution in [-0.2, 0) is 14.9 Å². The summed E-state index contributed by atoms with van der Waals surface area (Å²) < 4.78 is 6.65. The summed E-state index contributed by atoms with van der Waals surface area (Å²) in [4.78, 5) is 17.4. The average molecular weight is 422 g/mol. The van der Waals surface area contributed by atoms with Gasteiger partial charge in [0.15, 0.2) is 5.96 Å². The Morgan fingerprint density at radius 3 is 2.62 bits per heavy atom. The third-order valence-electron chi connectivity index (χ3n) is 6.69. The van der Waals surface area contributed by atoms with Gasteiger partial charge in [-0.1, -0.05) is 35.8 Å². The Morgan fingerprint density at radius 1 is 1.38 bits per heavy atom. The van der Waals surface area contributed by atoms with Gasteiger partial charge in [0.05, 0.1) is 12.1 Å².